The lowest BCUT2D eigenvalue weighted by Crippen LogP contribution is -2.21. The Balaban J connectivity index is 1.59. The highest BCUT2D eigenvalue weighted by atomic mass is 19.3. The molecule has 0 unspecified atom stereocenters. The summed E-state index contributed by atoms with van der Waals surface area (Å²) in [5.41, 5.74) is 1.42. The predicted octanol–water partition coefficient (Wildman–Crippen LogP) is 7.48. The van der Waals surface area contributed by atoms with Crippen molar-refractivity contribution in [3.05, 3.63) is 100 Å². The molecule has 6 heteroatoms. The standard InChI is InChI=1S/C27H25F4NO/c1-2-3-4-5-19-8-12-22(13-9-19)27(30,31)33-23-14-10-20(11-15-23)6-7-21-16-25(28)24(18-32)26(29)17-21/h8-17H,2-7H2,1H3. The third kappa shape index (κ3) is 6.58. The second-order valence-corrected chi connectivity index (χ2v) is 7.96. The first-order chi connectivity index (χ1) is 15.8. The van der Waals surface area contributed by atoms with Crippen LogP contribution < -0.4 is 4.74 Å². The van der Waals surface area contributed by atoms with Crippen LogP contribution in [0.4, 0.5) is 17.6 Å². The average Bonchev–Trinajstić information content (AvgIpc) is 2.79. The van der Waals surface area contributed by atoms with Crippen molar-refractivity contribution >= 4 is 0 Å². The zero-order chi connectivity index (χ0) is 23.8. The van der Waals surface area contributed by atoms with Gasteiger partial charge < -0.3 is 4.74 Å². The van der Waals surface area contributed by atoms with Gasteiger partial charge in [-0.1, -0.05) is 44.0 Å². The molecule has 0 bridgehead atoms. The number of nitriles is 1. The van der Waals surface area contributed by atoms with E-state index in [0.717, 1.165) is 48.9 Å². The molecule has 33 heavy (non-hydrogen) atoms. The molecule has 0 saturated carbocycles. The molecule has 0 radical (unpaired) electrons. The van der Waals surface area contributed by atoms with Crippen molar-refractivity contribution in [2.24, 2.45) is 0 Å². The van der Waals surface area contributed by atoms with E-state index in [1.54, 1.807) is 24.3 Å². The molecule has 0 aliphatic rings. The maximum atomic E-state index is 14.6. The number of nitrogens with zero attached hydrogens (tertiary/aromatic N) is 1. The van der Waals surface area contributed by atoms with Gasteiger partial charge in [0.2, 0.25) is 0 Å². The van der Waals surface area contributed by atoms with E-state index >= 15 is 0 Å². The smallest absolute Gasteiger partial charge is 0.426 e. The monoisotopic (exact) mass is 455 g/mol. The second-order valence-electron chi connectivity index (χ2n) is 7.96. The lowest BCUT2D eigenvalue weighted by molar-refractivity contribution is -0.185. The van der Waals surface area contributed by atoms with Gasteiger partial charge in [-0.2, -0.15) is 14.0 Å². The molecule has 2 nitrogen and oxygen atoms in total. The van der Waals surface area contributed by atoms with Crippen LogP contribution in [-0.4, -0.2) is 0 Å². The van der Waals surface area contributed by atoms with E-state index in [-0.39, 0.29) is 11.3 Å². The summed E-state index contributed by atoms with van der Waals surface area (Å²) >= 11 is 0. The number of rotatable bonds is 10. The zero-order valence-electron chi connectivity index (χ0n) is 18.4. The minimum Gasteiger partial charge on any atom is -0.429 e. The molecule has 0 aliphatic heterocycles. The molecule has 3 rings (SSSR count). The SMILES string of the molecule is CCCCCc1ccc(C(F)(F)Oc2ccc(CCc3cc(F)c(C#N)c(F)c3)cc2)cc1. The molecule has 0 heterocycles. The molecule has 0 spiro atoms. The molecule has 0 saturated heterocycles. The normalized spacial score (nSPS) is 11.3. The Morgan fingerprint density at radius 1 is 0.788 bits per heavy atom. The number of halogens is 4. The number of unbranched alkanes of at least 4 members (excludes halogenated alkanes) is 2. The van der Waals surface area contributed by atoms with Crippen LogP contribution in [0.1, 0.15) is 54.0 Å². The van der Waals surface area contributed by atoms with Gasteiger partial charge in [-0.05, 0) is 78.8 Å². The Kier molecular flexibility index (Phi) is 8.11. The van der Waals surface area contributed by atoms with Crippen LogP contribution in [0.3, 0.4) is 0 Å². The lowest BCUT2D eigenvalue weighted by atomic mass is 10.0. The van der Waals surface area contributed by atoms with Gasteiger partial charge in [0.25, 0.3) is 0 Å². The molecule has 0 aromatic heterocycles. The van der Waals surface area contributed by atoms with Crippen molar-refractivity contribution in [3.8, 4) is 11.8 Å². The van der Waals surface area contributed by atoms with Crippen LogP contribution in [0.25, 0.3) is 0 Å². The Bertz CT molecular complexity index is 1080. The quantitative estimate of drug-likeness (QED) is 0.234. The van der Waals surface area contributed by atoms with E-state index in [2.05, 4.69) is 6.92 Å². The summed E-state index contributed by atoms with van der Waals surface area (Å²) in [7, 11) is 0. The molecule has 3 aromatic carbocycles. The van der Waals surface area contributed by atoms with Crippen molar-refractivity contribution < 1.29 is 22.3 Å². The number of alkyl halides is 2. The van der Waals surface area contributed by atoms with Crippen LogP contribution in [0.15, 0.2) is 60.7 Å². The number of hydrogen-bond donors (Lipinski definition) is 0. The first-order valence-electron chi connectivity index (χ1n) is 11.0. The summed E-state index contributed by atoms with van der Waals surface area (Å²) in [5.74, 6) is -1.77. The average molecular weight is 455 g/mol. The van der Waals surface area contributed by atoms with Gasteiger partial charge in [0.1, 0.15) is 29.0 Å². The summed E-state index contributed by atoms with van der Waals surface area (Å²) in [6.07, 6.45) is 1.42. The fourth-order valence-electron chi connectivity index (χ4n) is 3.54. The highest BCUT2D eigenvalue weighted by molar-refractivity contribution is 5.36. The van der Waals surface area contributed by atoms with Crippen molar-refractivity contribution in [3.63, 3.8) is 0 Å². The second kappa shape index (κ2) is 11.0. The number of aryl methyl sites for hydroxylation is 3. The maximum Gasteiger partial charge on any atom is 0.426 e. The molecular weight excluding hydrogens is 430 g/mol. The summed E-state index contributed by atoms with van der Waals surface area (Å²) in [4.78, 5) is 0. The largest absolute Gasteiger partial charge is 0.429 e. The fraction of sp³-hybridized carbons (Fsp3) is 0.296. The third-order valence-corrected chi connectivity index (χ3v) is 5.44. The van der Waals surface area contributed by atoms with Gasteiger partial charge >= 0.3 is 6.11 Å². The number of benzene rings is 3. The van der Waals surface area contributed by atoms with Gasteiger partial charge in [0.05, 0.1) is 5.56 Å². The molecule has 0 aliphatic carbocycles. The molecule has 0 N–H and O–H groups in total. The molecule has 3 aromatic rings. The van der Waals surface area contributed by atoms with Gasteiger partial charge in [0.15, 0.2) is 0 Å². The summed E-state index contributed by atoms with van der Waals surface area (Å²) < 4.78 is 61.5. The predicted molar refractivity (Wildman–Crippen MR) is 119 cm³/mol. The van der Waals surface area contributed by atoms with E-state index in [9.17, 15) is 17.6 Å². The van der Waals surface area contributed by atoms with Gasteiger partial charge in [-0.3, -0.25) is 0 Å². The Hall–Kier alpha value is -3.33. The number of hydrogen-bond acceptors (Lipinski definition) is 2. The zero-order valence-corrected chi connectivity index (χ0v) is 18.4. The highest BCUT2D eigenvalue weighted by Crippen LogP contribution is 2.32. The van der Waals surface area contributed by atoms with E-state index < -0.39 is 23.3 Å². The first kappa shape index (κ1) is 24.3. The van der Waals surface area contributed by atoms with E-state index in [4.69, 9.17) is 10.00 Å². The third-order valence-electron chi connectivity index (χ3n) is 5.44. The summed E-state index contributed by atoms with van der Waals surface area (Å²) in [5, 5.41) is 8.73. The number of ether oxygens (including phenoxy) is 1. The summed E-state index contributed by atoms with van der Waals surface area (Å²) in [6, 6.07) is 16.1. The highest BCUT2D eigenvalue weighted by Gasteiger charge is 2.34. The molecule has 0 amide bonds. The summed E-state index contributed by atoms with van der Waals surface area (Å²) in [6.45, 7) is 2.12. The molecule has 0 fully saturated rings. The fourth-order valence-corrected chi connectivity index (χ4v) is 3.54. The molecular formula is C27H25F4NO. The van der Waals surface area contributed by atoms with E-state index in [1.807, 2.05) is 0 Å². The van der Waals surface area contributed by atoms with E-state index in [0.29, 0.717) is 18.4 Å². The maximum absolute atomic E-state index is 14.6. The minimum atomic E-state index is -3.47. The van der Waals surface area contributed by atoms with Crippen LogP contribution in [0.2, 0.25) is 0 Å². The molecule has 0 atom stereocenters. The first-order valence-corrected chi connectivity index (χ1v) is 11.0. The van der Waals surface area contributed by atoms with Crippen molar-refractivity contribution in [2.45, 2.75) is 51.6 Å². The van der Waals surface area contributed by atoms with Crippen LogP contribution in [-0.2, 0) is 25.4 Å². The van der Waals surface area contributed by atoms with Crippen molar-refractivity contribution in [1.29, 1.82) is 5.26 Å². The van der Waals surface area contributed by atoms with E-state index in [1.165, 1.54) is 30.3 Å². The molecule has 172 valence electrons. The van der Waals surface area contributed by atoms with Crippen LogP contribution in [0.5, 0.6) is 5.75 Å². The van der Waals surface area contributed by atoms with Gasteiger partial charge in [-0.25, -0.2) is 8.78 Å². The van der Waals surface area contributed by atoms with Crippen LogP contribution in [0, 0.1) is 23.0 Å². The van der Waals surface area contributed by atoms with Crippen molar-refractivity contribution in [1.82, 2.24) is 0 Å². The Labute approximate surface area is 191 Å². The van der Waals surface area contributed by atoms with Gasteiger partial charge in [0, 0.05) is 0 Å². The minimum absolute atomic E-state index is 0.0197. The lowest BCUT2D eigenvalue weighted by Gasteiger charge is -2.19. The Morgan fingerprint density at radius 2 is 1.33 bits per heavy atom. The van der Waals surface area contributed by atoms with Crippen molar-refractivity contribution in [2.75, 3.05) is 0 Å². The Morgan fingerprint density at radius 3 is 1.91 bits per heavy atom. The van der Waals surface area contributed by atoms with Crippen LogP contribution >= 0.6 is 0 Å². The topological polar surface area (TPSA) is 33.0 Å². The van der Waals surface area contributed by atoms with Gasteiger partial charge in [-0.15, -0.1) is 0 Å².